The van der Waals surface area contributed by atoms with Crippen molar-refractivity contribution in [3.8, 4) is 0 Å². The van der Waals surface area contributed by atoms with Gasteiger partial charge < -0.3 is 19.9 Å². The molecule has 2 aromatic rings. The lowest BCUT2D eigenvalue weighted by molar-refractivity contribution is -0.115. The second kappa shape index (κ2) is 11.6. The quantitative estimate of drug-likeness (QED) is 0.357. The van der Waals surface area contributed by atoms with Gasteiger partial charge in [-0.1, -0.05) is 0 Å². The Morgan fingerprint density at radius 3 is 2.36 bits per heavy atom. The van der Waals surface area contributed by atoms with E-state index in [1.54, 1.807) is 30.9 Å². The zero-order chi connectivity index (χ0) is 26.3. The van der Waals surface area contributed by atoms with Crippen molar-refractivity contribution < 1.29 is 27.6 Å². The van der Waals surface area contributed by atoms with Crippen molar-refractivity contribution in [2.24, 2.45) is 0 Å². The summed E-state index contributed by atoms with van der Waals surface area (Å²) in [6, 6.07) is 7.67. The van der Waals surface area contributed by atoms with E-state index >= 15 is 0 Å². The lowest BCUT2D eigenvalue weighted by Gasteiger charge is -2.34. The molecular weight excluding hydrogens is 495 g/mol. The molecule has 2 heterocycles. The molecule has 1 aromatic carbocycles. The molecule has 194 valence electrons. The van der Waals surface area contributed by atoms with Crippen LogP contribution < -0.4 is 10.6 Å². The first kappa shape index (κ1) is 27.3. The van der Waals surface area contributed by atoms with E-state index in [0.29, 0.717) is 30.8 Å². The number of nitrogens with one attached hydrogen (secondary N) is 2. The third-order valence-corrected chi connectivity index (χ3v) is 6.35. The standard InChI is InChI=1S/C24H28F3N5O3S/c1-23(2,16-33)32(22(35)29-18-6-8-19(9-7-18)36-24(25,26)27)15-17-10-11-28-20(14-17)30-21(34)31-12-4-3-5-13-31/h6-11,14,16H,3-5,12-13,15H2,1-2H3,(H,29,35)(H,28,30,34). The monoisotopic (exact) mass is 523 g/mol. The van der Waals surface area contributed by atoms with Crippen LogP contribution in [0.5, 0.6) is 0 Å². The zero-order valence-electron chi connectivity index (χ0n) is 20.0. The minimum atomic E-state index is -4.41. The highest BCUT2D eigenvalue weighted by Crippen LogP contribution is 2.37. The van der Waals surface area contributed by atoms with Gasteiger partial charge in [0.15, 0.2) is 0 Å². The maximum absolute atomic E-state index is 13.1. The van der Waals surface area contributed by atoms with Crippen LogP contribution in [0.1, 0.15) is 38.7 Å². The number of halogens is 3. The van der Waals surface area contributed by atoms with E-state index in [1.165, 1.54) is 35.4 Å². The molecule has 1 aromatic heterocycles. The molecule has 0 bridgehead atoms. The van der Waals surface area contributed by atoms with Gasteiger partial charge in [0.25, 0.3) is 0 Å². The number of piperidine rings is 1. The van der Waals surface area contributed by atoms with Gasteiger partial charge >= 0.3 is 17.6 Å². The number of hydrogen-bond donors (Lipinski definition) is 2. The molecule has 1 saturated heterocycles. The van der Waals surface area contributed by atoms with Crippen LogP contribution in [0.15, 0.2) is 47.5 Å². The van der Waals surface area contributed by atoms with Gasteiger partial charge in [0.05, 0.1) is 5.54 Å². The molecule has 3 rings (SSSR count). The van der Waals surface area contributed by atoms with E-state index in [1.807, 2.05) is 0 Å². The van der Waals surface area contributed by atoms with Crippen LogP contribution in [-0.4, -0.2) is 57.3 Å². The summed E-state index contributed by atoms with van der Waals surface area (Å²) in [6.45, 7) is 4.53. The van der Waals surface area contributed by atoms with Crippen LogP contribution in [0.4, 0.5) is 34.3 Å². The Kier molecular flexibility index (Phi) is 8.83. The number of amides is 4. The number of rotatable bonds is 7. The molecular formula is C24H28F3N5O3S. The number of aromatic nitrogens is 1. The first-order valence-corrected chi connectivity index (χ1v) is 12.2. The highest BCUT2D eigenvalue weighted by atomic mass is 32.2. The van der Waals surface area contributed by atoms with Crippen molar-refractivity contribution in [3.63, 3.8) is 0 Å². The normalized spacial score (nSPS) is 14.2. The fraction of sp³-hybridized carbons (Fsp3) is 0.417. The number of pyridine rings is 1. The number of urea groups is 2. The fourth-order valence-corrected chi connectivity index (χ4v) is 4.18. The molecule has 0 aliphatic carbocycles. The molecule has 0 saturated carbocycles. The van der Waals surface area contributed by atoms with Gasteiger partial charge in [0.1, 0.15) is 12.1 Å². The van der Waals surface area contributed by atoms with Crippen LogP contribution >= 0.6 is 11.8 Å². The molecule has 36 heavy (non-hydrogen) atoms. The second-order valence-corrected chi connectivity index (χ2v) is 10.0. The molecule has 2 N–H and O–H groups in total. The summed E-state index contributed by atoms with van der Waals surface area (Å²) in [7, 11) is 0. The van der Waals surface area contributed by atoms with E-state index in [4.69, 9.17) is 0 Å². The minimum absolute atomic E-state index is 0.0125. The van der Waals surface area contributed by atoms with Gasteiger partial charge in [-0.25, -0.2) is 14.6 Å². The lowest BCUT2D eigenvalue weighted by atomic mass is 10.0. The van der Waals surface area contributed by atoms with Crippen molar-refractivity contribution in [1.29, 1.82) is 0 Å². The van der Waals surface area contributed by atoms with Gasteiger partial charge in [-0.05, 0) is 86.8 Å². The molecule has 0 spiro atoms. The Hall–Kier alpha value is -3.28. The maximum atomic E-state index is 13.1. The van der Waals surface area contributed by atoms with E-state index < -0.39 is 17.1 Å². The third kappa shape index (κ3) is 7.87. The Bertz CT molecular complexity index is 1070. The summed E-state index contributed by atoms with van der Waals surface area (Å²) in [5.41, 5.74) is -4.70. The molecule has 8 nitrogen and oxygen atoms in total. The van der Waals surface area contributed by atoms with Crippen molar-refractivity contribution in [2.45, 2.75) is 55.6 Å². The molecule has 0 unspecified atom stereocenters. The van der Waals surface area contributed by atoms with E-state index in [9.17, 15) is 27.6 Å². The molecule has 1 aliphatic rings. The number of likely N-dealkylation sites (tertiary alicyclic amines) is 1. The van der Waals surface area contributed by atoms with Crippen molar-refractivity contribution in [1.82, 2.24) is 14.8 Å². The van der Waals surface area contributed by atoms with E-state index in [2.05, 4.69) is 15.6 Å². The number of carbonyl (C=O) groups is 3. The Balaban J connectivity index is 1.71. The first-order chi connectivity index (χ1) is 17.0. The predicted octanol–water partition coefficient (Wildman–Crippen LogP) is 5.72. The minimum Gasteiger partial charge on any atom is -0.325 e. The van der Waals surface area contributed by atoms with Gasteiger partial charge in [0, 0.05) is 36.4 Å². The van der Waals surface area contributed by atoms with Gasteiger partial charge in [-0.15, -0.1) is 0 Å². The SMILES string of the molecule is CC(C)(C=O)N(Cc1ccnc(NC(=O)N2CCCCC2)c1)C(=O)Nc1ccc(SC(F)(F)F)cc1. The number of nitrogens with zero attached hydrogens (tertiary/aromatic N) is 3. The molecule has 1 aliphatic heterocycles. The number of aldehydes is 1. The topological polar surface area (TPSA) is 94.6 Å². The summed E-state index contributed by atoms with van der Waals surface area (Å²) in [5, 5.41) is 5.40. The van der Waals surface area contributed by atoms with Crippen LogP contribution in [0.2, 0.25) is 0 Å². The van der Waals surface area contributed by atoms with Gasteiger partial charge in [-0.3, -0.25) is 5.32 Å². The lowest BCUT2D eigenvalue weighted by Crippen LogP contribution is -2.50. The van der Waals surface area contributed by atoms with Crippen molar-refractivity contribution in [3.05, 3.63) is 48.2 Å². The van der Waals surface area contributed by atoms with Gasteiger partial charge in [0.2, 0.25) is 0 Å². The Morgan fingerprint density at radius 2 is 1.75 bits per heavy atom. The first-order valence-electron chi connectivity index (χ1n) is 11.4. The average molecular weight is 524 g/mol. The summed E-state index contributed by atoms with van der Waals surface area (Å²) in [4.78, 5) is 44.6. The predicted molar refractivity (Wildman–Crippen MR) is 132 cm³/mol. The number of thioether (sulfide) groups is 1. The number of alkyl halides is 3. The second-order valence-electron chi connectivity index (χ2n) is 8.89. The van der Waals surface area contributed by atoms with E-state index in [-0.39, 0.29) is 34.9 Å². The number of anilines is 2. The Morgan fingerprint density at radius 1 is 1.08 bits per heavy atom. The van der Waals surface area contributed by atoms with Crippen LogP contribution in [0.25, 0.3) is 0 Å². The number of benzene rings is 1. The third-order valence-electron chi connectivity index (χ3n) is 5.61. The highest BCUT2D eigenvalue weighted by Gasteiger charge is 2.32. The molecule has 1 fully saturated rings. The Labute approximate surface area is 211 Å². The molecule has 12 heteroatoms. The summed E-state index contributed by atoms with van der Waals surface area (Å²) < 4.78 is 37.7. The fourth-order valence-electron chi connectivity index (χ4n) is 3.64. The molecule has 4 amide bonds. The van der Waals surface area contributed by atoms with E-state index in [0.717, 1.165) is 19.3 Å². The summed E-state index contributed by atoms with van der Waals surface area (Å²) in [5.74, 6) is 0.324. The van der Waals surface area contributed by atoms with Crippen LogP contribution in [0, 0.1) is 0 Å². The molecule has 0 radical (unpaired) electrons. The largest absolute Gasteiger partial charge is 0.446 e. The summed E-state index contributed by atoms with van der Waals surface area (Å²) in [6.07, 6.45) is 5.14. The van der Waals surface area contributed by atoms with Crippen molar-refractivity contribution >= 4 is 41.6 Å². The van der Waals surface area contributed by atoms with Gasteiger partial charge in [-0.2, -0.15) is 13.2 Å². The van der Waals surface area contributed by atoms with Crippen molar-refractivity contribution in [2.75, 3.05) is 23.7 Å². The van der Waals surface area contributed by atoms with Crippen LogP contribution in [-0.2, 0) is 11.3 Å². The maximum Gasteiger partial charge on any atom is 0.446 e. The van der Waals surface area contributed by atoms with Crippen LogP contribution in [0.3, 0.4) is 0 Å². The number of hydrogen-bond acceptors (Lipinski definition) is 5. The average Bonchev–Trinajstić information content (AvgIpc) is 2.83. The number of carbonyl (C=O) groups excluding carboxylic acids is 3. The smallest absolute Gasteiger partial charge is 0.325 e. The molecule has 0 atom stereocenters. The summed E-state index contributed by atoms with van der Waals surface area (Å²) >= 11 is -0.250. The highest BCUT2D eigenvalue weighted by molar-refractivity contribution is 8.00. The zero-order valence-corrected chi connectivity index (χ0v) is 20.8.